The lowest BCUT2D eigenvalue weighted by molar-refractivity contribution is 0.0696. The van der Waals surface area contributed by atoms with Crippen molar-refractivity contribution in [3.8, 4) is 34.2 Å². The van der Waals surface area contributed by atoms with Gasteiger partial charge in [-0.05, 0) is 142 Å². The van der Waals surface area contributed by atoms with Gasteiger partial charge in [0.05, 0.1) is 62.5 Å². The highest BCUT2D eigenvalue weighted by Gasteiger charge is 2.37. The van der Waals surface area contributed by atoms with Crippen molar-refractivity contribution in [3.63, 3.8) is 0 Å². The van der Waals surface area contributed by atoms with Crippen molar-refractivity contribution in [1.29, 1.82) is 0 Å². The second kappa shape index (κ2) is 18.8. The predicted octanol–water partition coefficient (Wildman–Crippen LogP) is 16.5. The number of fused-ring (bicyclic) bond motifs is 4. The number of carboxylic acid groups (broad SMARTS) is 1. The molecule has 4 aromatic heterocycles. The standard InChI is InChI=1S/C67H52N6O2/c1-66(2)51-14-5-9-20-61(51)72(62-21-10-6-15-52(62)66)49-32-28-44(29-33-49)24-26-46-36-38-68-57(40-46)60-42-47(41-59(71-60)56-19-13-18-55(70-56)58-43-48(65(74)75)37-39-69-58)27-25-45-30-34-50(35-31-45)73-63-22-11-7-16-53(63)67(3,4)54-17-8-12-23-64(54)73/h5-43H,1-4H3,(H,74,75)/b26-24+,27-25+. The summed E-state index contributed by atoms with van der Waals surface area (Å²) >= 11 is 0. The summed E-state index contributed by atoms with van der Waals surface area (Å²) in [4.78, 5) is 36.0. The number of pyridine rings is 4. The molecule has 8 heteroatoms. The van der Waals surface area contributed by atoms with E-state index in [1.54, 1.807) is 0 Å². The molecule has 2 aliphatic heterocycles. The zero-order valence-corrected chi connectivity index (χ0v) is 42.1. The number of anilines is 6. The van der Waals surface area contributed by atoms with Crippen LogP contribution in [-0.2, 0) is 10.8 Å². The number of para-hydroxylation sites is 4. The second-order valence-electron chi connectivity index (χ2n) is 20.1. The molecule has 0 spiro atoms. The maximum Gasteiger partial charge on any atom is 0.335 e. The van der Waals surface area contributed by atoms with E-state index in [2.05, 4.69) is 218 Å². The summed E-state index contributed by atoms with van der Waals surface area (Å²) in [6, 6.07) is 68.9. The highest BCUT2D eigenvalue weighted by molar-refractivity contribution is 5.90. The number of hydrogen-bond donors (Lipinski definition) is 1. The molecule has 0 atom stereocenters. The molecule has 362 valence electrons. The van der Waals surface area contributed by atoms with Gasteiger partial charge in [-0.15, -0.1) is 0 Å². The van der Waals surface area contributed by atoms with Crippen LogP contribution in [-0.4, -0.2) is 31.0 Å². The normalized spacial score (nSPS) is 14.0. The summed E-state index contributed by atoms with van der Waals surface area (Å²) in [5, 5.41) is 9.71. The van der Waals surface area contributed by atoms with Crippen molar-refractivity contribution >= 4 is 64.4 Å². The molecule has 0 fully saturated rings. The third-order valence-electron chi connectivity index (χ3n) is 14.7. The molecule has 0 aliphatic carbocycles. The summed E-state index contributed by atoms with van der Waals surface area (Å²) in [7, 11) is 0. The Morgan fingerprint density at radius 1 is 0.387 bits per heavy atom. The average molecular weight is 973 g/mol. The lowest BCUT2D eigenvalue weighted by Gasteiger charge is -2.42. The number of rotatable bonds is 10. The average Bonchev–Trinajstić information content (AvgIpc) is 3.45. The fourth-order valence-electron chi connectivity index (χ4n) is 10.8. The summed E-state index contributed by atoms with van der Waals surface area (Å²) in [6.07, 6.45) is 11.7. The van der Waals surface area contributed by atoms with Crippen LogP contribution in [0, 0.1) is 0 Å². The van der Waals surface area contributed by atoms with Gasteiger partial charge in [0, 0.05) is 34.6 Å². The Hall–Kier alpha value is -9.53. The lowest BCUT2D eigenvalue weighted by Crippen LogP contribution is -2.30. The van der Waals surface area contributed by atoms with E-state index in [0.717, 1.165) is 33.6 Å². The van der Waals surface area contributed by atoms with Crippen molar-refractivity contribution in [1.82, 2.24) is 19.9 Å². The van der Waals surface area contributed by atoms with Gasteiger partial charge in [0.25, 0.3) is 0 Å². The minimum Gasteiger partial charge on any atom is -0.478 e. The molecular formula is C67H52N6O2. The van der Waals surface area contributed by atoms with Crippen molar-refractivity contribution < 1.29 is 9.90 Å². The smallest absolute Gasteiger partial charge is 0.335 e. The molecule has 10 aromatic rings. The molecule has 6 aromatic carbocycles. The van der Waals surface area contributed by atoms with Crippen molar-refractivity contribution in [2.45, 2.75) is 38.5 Å². The van der Waals surface area contributed by atoms with Gasteiger partial charge in [0.2, 0.25) is 0 Å². The van der Waals surface area contributed by atoms with Gasteiger partial charge in [-0.2, -0.15) is 0 Å². The van der Waals surface area contributed by atoms with Gasteiger partial charge in [-0.3, -0.25) is 9.97 Å². The molecule has 0 amide bonds. The van der Waals surface area contributed by atoms with Gasteiger partial charge in [-0.25, -0.2) is 14.8 Å². The van der Waals surface area contributed by atoms with Gasteiger partial charge in [0.15, 0.2) is 0 Å². The first-order valence-electron chi connectivity index (χ1n) is 25.2. The Bertz CT molecular complexity index is 3790. The number of hydrogen-bond acceptors (Lipinski definition) is 7. The Labute approximate surface area is 437 Å². The number of carboxylic acids is 1. The quantitative estimate of drug-likeness (QED) is 0.145. The van der Waals surface area contributed by atoms with E-state index in [1.165, 1.54) is 63.3 Å². The fourth-order valence-corrected chi connectivity index (χ4v) is 10.8. The van der Waals surface area contributed by atoms with E-state index in [0.29, 0.717) is 34.2 Å². The first-order valence-corrected chi connectivity index (χ1v) is 25.2. The molecular weight excluding hydrogens is 921 g/mol. The first-order chi connectivity index (χ1) is 36.5. The van der Waals surface area contributed by atoms with Crippen LogP contribution in [0.1, 0.15) is 82.6 Å². The summed E-state index contributed by atoms with van der Waals surface area (Å²) in [5.41, 5.74) is 19.6. The van der Waals surface area contributed by atoms with Gasteiger partial charge >= 0.3 is 5.97 Å². The van der Waals surface area contributed by atoms with Crippen LogP contribution >= 0.6 is 0 Å². The molecule has 0 saturated heterocycles. The first kappa shape index (κ1) is 46.5. The summed E-state index contributed by atoms with van der Waals surface area (Å²) < 4.78 is 0. The van der Waals surface area contributed by atoms with Crippen molar-refractivity contribution in [2.24, 2.45) is 0 Å². The molecule has 0 unspecified atom stereocenters. The number of aromatic carboxylic acids is 1. The van der Waals surface area contributed by atoms with E-state index in [-0.39, 0.29) is 16.4 Å². The Balaban J connectivity index is 0.861. The van der Waals surface area contributed by atoms with Crippen LogP contribution in [0.25, 0.3) is 58.5 Å². The Morgan fingerprint density at radius 2 is 0.760 bits per heavy atom. The highest BCUT2D eigenvalue weighted by atomic mass is 16.4. The van der Waals surface area contributed by atoms with Crippen molar-refractivity contribution in [3.05, 3.63) is 263 Å². The SMILES string of the molecule is CC1(C)c2ccccc2N(c2ccc(/C=C/c3ccnc(-c4cc(/C=C/c5ccc(N6c7ccccc7C(C)(C)c7ccccc76)cc5)cc(-c5cccc(-c6cc(C(=O)O)ccn6)n5)n4)c3)cc2)c2ccccc21. The molecule has 1 N–H and O–H groups in total. The van der Waals surface area contributed by atoms with Crippen LogP contribution in [0.5, 0.6) is 0 Å². The zero-order valence-electron chi connectivity index (χ0n) is 42.1. The maximum absolute atomic E-state index is 11.9. The highest BCUT2D eigenvalue weighted by Crippen LogP contribution is 2.53. The number of benzene rings is 6. The number of carbonyl (C=O) groups is 1. The predicted molar refractivity (Wildman–Crippen MR) is 305 cm³/mol. The van der Waals surface area contributed by atoms with Crippen molar-refractivity contribution in [2.75, 3.05) is 9.80 Å². The zero-order chi connectivity index (χ0) is 51.3. The second-order valence-corrected chi connectivity index (χ2v) is 20.1. The van der Waals surface area contributed by atoms with Crippen LogP contribution < -0.4 is 9.80 Å². The molecule has 0 radical (unpaired) electrons. The number of aromatic nitrogens is 4. The molecule has 8 nitrogen and oxygen atoms in total. The van der Waals surface area contributed by atoms with E-state index in [1.807, 2.05) is 42.6 Å². The lowest BCUT2D eigenvalue weighted by atomic mass is 9.73. The molecule has 2 aliphatic rings. The summed E-state index contributed by atoms with van der Waals surface area (Å²) in [6.45, 7) is 9.21. The minimum atomic E-state index is -1.03. The Kier molecular flexibility index (Phi) is 11.7. The van der Waals surface area contributed by atoms with Crippen LogP contribution in [0.15, 0.2) is 213 Å². The fraction of sp³-hybridized carbons (Fsp3) is 0.0896. The van der Waals surface area contributed by atoms with Gasteiger partial charge in [-0.1, -0.05) is 155 Å². The van der Waals surface area contributed by atoms with Gasteiger partial charge in [0.1, 0.15) is 0 Å². The van der Waals surface area contributed by atoms with E-state index < -0.39 is 5.97 Å². The molecule has 6 heterocycles. The third-order valence-corrected chi connectivity index (χ3v) is 14.7. The Morgan fingerprint density at radius 3 is 1.24 bits per heavy atom. The largest absolute Gasteiger partial charge is 0.478 e. The third kappa shape index (κ3) is 8.66. The molecule has 0 saturated carbocycles. The topological polar surface area (TPSA) is 95.3 Å². The molecule has 12 rings (SSSR count). The van der Waals surface area contributed by atoms with Crippen LogP contribution in [0.2, 0.25) is 0 Å². The minimum absolute atomic E-state index is 0.121. The monoisotopic (exact) mass is 972 g/mol. The van der Waals surface area contributed by atoms with Gasteiger partial charge < -0.3 is 14.9 Å². The molecule has 75 heavy (non-hydrogen) atoms. The van der Waals surface area contributed by atoms with Crippen LogP contribution in [0.3, 0.4) is 0 Å². The molecule has 0 bridgehead atoms. The van der Waals surface area contributed by atoms with E-state index >= 15 is 0 Å². The maximum atomic E-state index is 11.9. The summed E-state index contributed by atoms with van der Waals surface area (Å²) in [5.74, 6) is -1.03. The van der Waals surface area contributed by atoms with Crippen LogP contribution in [0.4, 0.5) is 34.1 Å². The number of nitrogens with zero attached hydrogens (tertiary/aromatic N) is 6. The van der Waals surface area contributed by atoms with E-state index in [4.69, 9.17) is 15.0 Å². The van der Waals surface area contributed by atoms with E-state index in [9.17, 15) is 9.90 Å².